The molecule has 0 amide bonds. The van der Waals surface area contributed by atoms with Crippen LogP contribution in [-0.2, 0) is 4.79 Å². The van der Waals surface area contributed by atoms with Crippen molar-refractivity contribution in [3.8, 4) is 0 Å². The zero-order chi connectivity index (χ0) is 19.3. The molecular weight excluding hydrogens is 346 g/mol. The van der Waals surface area contributed by atoms with Gasteiger partial charge in [0.2, 0.25) is 0 Å². The van der Waals surface area contributed by atoms with Crippen LogP contribution in [0.5, 0.6) is 0 Å². The van der Waals surface area contributed by atoms with Gasteiger partial charge in [-0.1, -0.05) is 20.8 Å². The molecule has 0 aliphatic carbocycles. The second-order valence-electron chi connectivity index (χ2n) is 7.59. The van der Waals surface area contributed by atoms with E-state index in [1.807, 2.05) is 27.7 Å². The molecule has 0 aromatic heterocycles. The molecule has 1 aliphatic heterocycles. The summed E-state index contributed by atoms with van der Waals surface area (Å²) in [7, 11) is 0. The van der Waals surface area contributed by atoms with Crippen molar-refractivity contribution in [3.05, 3.63) is 0 Å². The van der Waals surface area contributed by atoms with E-state index in [0.717, 1.165) is 0 Å². The third-order valence-corrected chi connectivity index (χ3v) is 6.54. The number of thioether (sulfide) groups is 1. The van der Waals surface area contributed by atoms with Gasteiger partial charge in [0.15, 0.2) is 0 Å². The molecule has 25 heavy (non-hydrogen) atoms. The van der Waals surface area contributed by atoms with Crippen LogP contribution >= 0.6 is 11.8 Å². The normalized spacial score (nSPS) is 33.9. The first-order chi connectivity index (χ1) is 11.6. The highest BCUT2D eigenvalue weighted by atomic mass is 32.2. The summed E-state index contributed by atoms with van der Waals surface area (Å²) in [6, 6.07) is -0.706. The van der Waals surface area contributed by atoms with E-state index in [-0.39, 0.29) is 29.7 Å². The van der Waals surface area contributed by atoms with Crippen molar-refractivity contribution in [2.75, 3.05) is 6.61 Å². The molecule has 6 N–H and O–H groups in total. The molecule has 1 saturated heterocycles. The zero-order valence-corrected chi connectivity index (χ0v) is 16.2. The second kappa shape index (κ2) is 10.1. The van der Waals surface area contributed by atoms with Crippen molar-refractivity contribution in [1.29, 1.82) is 0 Å². The average molecular weight is 380 g/mol. The maximum atomic E-state index is 11.4. The summed E-state index contributed by atoms with van der Waals surface area (Å²) in [6.07, 6.45) is -2.40. The van der Waals surface area contributed by atoms with E-state index in [1.54, 1.807) is 0 Å². The molecule has 8 atom stereocenters. The van der Waals surface area contributed by atoms with Gasteiger partial charge in [0.1, 0.15) is 12.1 Å². The van der Waals surface area contributed by atoms with Gasteiger partial charge in [0.05, 0.1) is 24.1 Å². The fourth-order valence-electron chi connectivity index (χ4n) is 3.42. The van der Waals surface area contributed by atoms with Gasteiger partial charge in [-0.15, -0.1) is 11.8 Å². The Balaban J connectivity index is 2.66. The minimum absolute atomic E-state index is 0.0350. The van der Waals surface area contributed by atoms with E-state index >= 15 is 0 Å². The van der Waals surface area contributed by atoms with Gasteiger partial charge in [-0.25, -0.2) is 0 Å². The molecule has 0 aromatic rings. The molecule has 1 aliphatic rings. The van der Waals surface area contributed by atoms with E-state index in [0.29, 0.717) is 12.8 Å². The molecule has 0 radical (unpaired) electrons. The van der Waals surface area contributed by atoms with Gasteiger partial charge >= 0.3 is 5.97 Å². The standard InChI is InChI=1S/C17H33NO6S/c1-8(2)5-11(17(23)24)18-10(4)6-9(3)16-15(22)14(21)13(20)12(7-19)25-16/h8-16,18-22H,5-7H2,1-4H3,(H,23,24)/t9?,10?,11-,12+,13-,14-,15+,16-/m0/s1. The Bertz CT molecular complexity index is 422. The summed E-state index contributed by atoms with van der Waals surface area (Å²) in [5, 5.41) is 51.1. The lowest BCUT2D eigenvalue weighted by Gasteiger charge is -2.42. The summed E-state index contributed by atoms with van der Waals surface area (Å²) in [5.74, 6) is -0.651. The van der Waals surface area contributed by atoms with Crippen LogP contribution in [0.2, 0.25) is 0 Å². The van der Waals surface area contributed by atoms with E-state index in [4.69, 9.17) is 0 Å². The molecule has 1 rings (SSSR count). The Morgan fingerprint density at radius 3 is 2.12 bits per heavy atom. The van der Waals surface area contributed by atoms with E-state index < -0.39 is 35.6 Å². The quantitative estimate of drug-likeness (QED) is 0.331. The highest BCUT2D eigenvalue weighted by Crippen LogP contribution is 2.38. The Morgan fingerprint density at radius 1 is 1.04 bits per heavy atom. The first-order valence-corrected chi connectivity index (χ1v) is 9.82. The lowest BCUT2D eigenvalue weighted by molar-refractivity contribution is -0.140. The number of hydrogen-bond acceptors (Lipinski definition) is 7. The number of rotatable bonds is 9. The molecule has 7 nitrogen and oxygen atoms in total. The lowest BCUT2D eigenvalue weighted by Crippen LogP contribution is -2.56. The maximum absolute atomic E-state index is 11.4. The second-order valence-corrected chi connectivity index (χ2v) is 9.02. The molecule has 1 fully saturated rings. The van der Waals surface area contributed by atoms with Crippen LogP contribution < -0.4 is 5.32 Å². The van der Waals surface area contributed by atoms with Crippen molar-refractivity contribution >= 4 is 17.7 Å². The molecule has 2 unspecified atom stereocenters. The van der Waals surface area contributed by atoms with Crippen LogP contribution in [0, 0.1) is 11.8 Å². The average Bonchev–Trinajstić information content (AvgIpc) is 2.51. The Hall–Kier alpha value is -0.380. The molecule has 148 valence electrons. The van der Waals surface area contributed by atoms with Gasteiger partial charge < -0.3 is 30.8 Å². The molecule has 1 heterocycles. The highest BCUT2D eigenvalue weighted by molar-refractivity contribution is 8.00. The molecule has 0 bridgehead atoms. The predicted octanol–water partition coefficient (Wildman–Crippen LogP) is 0.0490. The number of carboxylic acid groups (broad SMARTS) is 1. The monoisotopic (exact) mass is 379 g/mol. The van der Waals surface area contributed by atoms with Gasteiger partial charge in [0.25, 0.3) is 0 Å². The van der Waals surface area contributed by atoms with E-state index in [9.17, 15) is 30.3 Å². The Labute approximate surface area is 153 Å². The summed E-state index contributed by atoms with van der Waals surface area (Å²) in [6.45, 7) is 7.50. The topological polar surface area (TPSA) is 130 Å². The number of hydrogen-bond donors (Lipinski definition) is 6. The molecule has 0 aromatic carbocycles. The number of carboxylic acids is 1. The van der Waals surface area contributed by atoms with E-state index in [1.165, 1.54) is 11.8 Å². The van der Waals surface area contributed by atoms with Gasteiger partial charge in [0, 0.05) is 11.3 Å². The third kappa shape index (κ3) is 6.37. The van der Waals surface area contributed by atoms with Crippen molar-refractivity contribution < 1.29 is 30.3 Å². The summed E-state index contributed by atoms with van der Waals surface area (Å²) in [5.41, 5.74) is 0. The fourth-order valence-corrected chi connectivity index (χ4v) is 4.93. The van der Waals surface area contributed by atoms with Crippen molar-refractivity contribution in [2.45, 2.75) is 81.4 Å². The molecule has 0 spiro atoms. The van der Waals surface area contributed by atoms with Crippen LogP contribution in [0.4, 0.5) is 0 Å². The first kappa shape index (κ1) is 22.7. The minimum Gasteiger partial charge on any atom is -0.480 e. The van der Waals surface area contributed by atoms with Gasteiger partial charge in [-0.3, -0.25) is 4.79 Å². The number of aliphatic hydroxyl groups excluding tert-OH is 4. The highest BCUT2D eigenvalue weighted by Gasteiger charge is 2.44. The SMILES string of the molecule is CC(C)C[C@H](NC(C)CC(C)[C@@H]1S[C@H](CO)[C@H](O)[C@H](O)[C@H]1O)C(=O)O. The summed E-state index contributed by atoms with van der Waals surface area (Å²) >= 11 is 1.28. The Kier molecular flexibility index (Phi) is 9.14. The summed E-state index contributed by atoms with van der Waals surface area (Å²) in [4.78, 5) is 11.4. The van der Waals surface area contributed by atoms with Crippen LogP contribution in [0.15, 0.2) is 0 Å². The van der Waals surface area contributed by atoms with Crippen LogP contribution in [-0.4, -0.2) is 79.0 Å². The summed E-state index contributed by atoms with van der Waals surface area (Å²) < 4.78 is 0. The number of aliphatic carboxylic acids is 1. The minimum atomic E-state index is -1.29. The maximum Gasteiger partial charge on any atom is 0.320 e. The van der Waals surface area contributed by atoms with Crippen LogP contribution in [0.3, 0.4) is 0 Å². The molecule has 8 heteroatoms. The molecular formula is C17H33NO6S. The van der Waals surface area contributed by atoms with Crippen LogP contribution in [0.25, 0.3) is 0 Å². The third-order valence-electron chi connectivity index (χ3n) is 4.71. The smallest absolute Gasteiger partial charge is 0.320 e. The fraction of sp³-hybridized carbons (Fsp3) is 0.941. The molecule has 0 saturated carbocycles. The van der Waals surface area contributed by atoms with Crippen LogP contribution in [0.1, 0.15) is 40.5 Å². The van der Waals surface area contributed by atoms with Crippen molar-refractivity contribution in [2.24, 2.45) is 11.8 Å². The Morgan fingerprint density at radius 2 is 1.64 bits per heavy atom. The van der Waals surface area contributed by atoms with Gasteiger partial charge in [-0.2, -0.15) is 0 Å². The van der Waals surface area contributed by atoms with Gasteiger partial charge in [-0.05, 0) is 31.6 Å². The van der Waals surface area contributed by atoms with E-state index in [2.05, 4.69) is 5.32 Å². The largest absolute Gasteiger partial charge is 0.480 e. The van der Waals surface area contributed by atoms with Crippen molar-refractivity contribution in [3.63, 3.8) is 0 Å². The van der Waals surface area contributed by atoms with Crippen molar-refractivity contribution in [1.82, 2.24) is 5.32 Å². The number of carbonyl (C=O) groups is 1. The predicted molar refractivity (Wildman–Crippen MR) is 97.5 cm³/mol. The zero-order valence-electron chi connectivity index (χ0n) is 15.4. The number of nitrogens with one attached hydrogen (secondary N) is 1. The first-order valence-electron chi connectivity index (χ1n) is 8.87. The lowest BCUT2D eigenvalue weighted by atomic mass is 9.90. The number of aliphatic hydroxyl groups is 4.